The van der Waals surface area contributed by atoms with Crippen LogP contribution in [0.1, 0.15) is 38.3 Å². The van der Waals surface area contributed by atoms with Crippen molar-refractivity contribution in [3.8, 4) is 5.75 Å². The molecule has 5 rings (SSSR count). The fourth-order valence-corrected chi connectivity index (χ4v) is 5.93. The maximum absolute atomic E-state index is 13.8. The molecule has 0 aliphatic heterocycles. The number of aromatic hydroxyl groups is 1. The summed E-state index contributed by atoms with van der Waals surface area (Å²) >= 11 is 0. The summed E-state index contributed by atoms with van der Waals surface area (Å²) in [6, 6.07) is 10.6. The Hall–Kier alpha value is -4.28. The molecule has 10 nitrogen and oxygen atoms in total. The number of nitrogens with two attached hydrogens (primary N) is 1. The molecule has 0 bridgehead atoms. The van der Waals surface area contributed by atoms with Crippen molar-refractivity contribution in [3.05, 3.63) is 64.7 Å². The van der Waals surface area contributed by atoms with Gasteiger partial charge in [0.2, 0.25) is 5.91 Å². The average Bonchev–Trinajstić information content (AvgIpc) is 2.86. The number of phenols is 1. The van der Waals surface area contributed by atoms with Gasteiger partial charge in [0.05, 0.1) is 17.6 Å². The minimum atomic E-state index is -3.01. The van der Waals surface area contributed by atoms with Crippen molar-refractivity contribution in [2.24, 2.45) is 29.4 Å². The van der Waals surface area contributed by atoms with Gasteiger partial charge in [-0.25, -0.2) is 0 Å². The van der Waals surface area contributed by atoms with E-state index >= 15 is 0 Å². The lowest BCUT2D eigenvalue weighted by Gasteiger charge is -2.51. The molecule has 2 saturated carbocycles. The van der Waals surface area contributed by atoms with Crippen LogP contribution in [0.2, 0.25) is 0 Å². The summed E-state index contributed by atoms with van der Waals surface area (Å²) in [6.07, 6.45) is -0.271. The van der Waals surface area contributed by atoms with E-state index in [2.05, 4.69) is 0 Å². The maximum Gasteiger partial charge on any atom is 0.235 e. The van der Waals surface area contributed by atoms with Gasteiger partial charge in [0.15, 0.2) is 34.7 Å². The summed E-state index contributed by atoms with van der Waals surface area (Å²) in [5.41, 5.74) is 3.20. The van der Waals surface area contributed by atoms with Crippen LogP contribution in [0.25, 0.3) is 11.6 Å². The zero-order chi connectivity index (χ0) is 26.8. The first-order valence-electron chi connectivity index (χ1n) is 11.5. The van der Waals surface area contributed by atoms with E-state index in [0.717, 1.165) is 0 Å². The third kappa shape index (κ3) is 3.33. The van der Waals surface area contributed by atoms with Crippen LogP contribution >= 0.6 is 0 Å². The average molecular weight is 503 g/mol. The lowest BCUT2D eigenvalue weighted by molar-refractivity contribution is -0.185. The molecule has 1 amide bonds. The third-order valence-corrected chi connectivity index (χ3v) is 7.61. The molecule has 0 spiro atoms. The number of ketones is 4. The topological polar surface area (TPSA) is 189 Å². The lowest BCUT2D eigenvalue weighted by Crippen LogP contribution is -2.72. The number of Topliss-reactive ketones (excluding diaryl/α,β-unsaturated/α-hetero) is 4. The molecule has 37 heavy (non-hydrogen) atoms. The van der Waals surface area contributed by atoms with Gasteiger partial charge in [-0.3, -0.25) is 28.8 Å². The summed E-state index contributed by atoms with van der Waals surface area (Å²) in [5.74, 6) is -13.2. The van der Waals surface area contributed by atoms with Gasteiger partial charge < -0.3 is 21.1 Å². The molecule has 2 aromatic carbocycles. The van der Waals surface area contributed by atoms with E-state index in [1.54, 1.807) is 18.2 Å². The Bertz CT molecular complexity index is 1460. The molecule has 0 aromatic heterocycles. The number of hydrogen-bond acceptors (Lipinski definition) is 9. The number of aldehydes is 1. The standard InChI is InChI=1S/C27H21NO9/c28-26(36)20-17(31)9-15-22(32)19-14(8-11-3-1-4-12(7-11)10-29)13-5-2-6-16(30)18(13)23(33)21(19)25(35)27(15,37)24(20)34/h1-8,10,15,19-22,30,32,37H,9H2,(H2,28,36). The lowest BCUT2D eigenvalue weighted by atomic mass is 9.51. The summed E-state index contributed by atoms with van der Waals surface area (Å²) in [7, 11) is 0. The summed E-state index contributed by atoms with van der Waals surface area (Å²) in [5, 5.41) is 33.4. The zero-order valence-electron chi connectivity index (χ0n) is 19.2. The molecule has 188 valence electrons. The summed E-state index contributed by atoms with van der Waals surface area (Å²) in [4.78, 5) is 76.1. The molecular weight excluding hydrogens is 482 g/mol. The Kier molecular flexibility index (Phi) is 5.54. The molecule has 3 aliphatic rings. The van der Waals surface area contributed by atoms with Crippen LogP contribution in [0, 0.1) is 23.7 Å². The molecule has 10 heteroatoms. The summed E-state index contributed by atoms with van der Waals surface area (Å²) in [6.45, 7) is 0. The molecule has 2 fully saturated rings. The van der Waals surface area contributed by atoms with Gasteiger partial charge in [-0.1, -0.05) is 36.4 Å². The molecule has 0 radical (unpaired) electrons. The Morgan fingerprint density at radius 3 is 2.38 bits per heavy atom. The van der Waals surface area contributed by atoms with E-state index in [4.69, 9.17) is 5.73 Å². The monoisotopic (exact) mass is 503 g/mol. The predicted molar refractivity (Wildman–Crippen MR) is 126 cm³/mol. The molecule has 0 heterocycles. The first kappa shape index (κ1) is 24.4. The highest BCUT2D eigenvalue weighted by molar-refractivity contribution is 6.32. The number of aliphatic hydroxyl groups is 2. The number of rotatable bonds is 3. The van der Waals surface area contributed by atoms with Crippen molar-refractivity contribution in [2.45, 2.75) is 18.1 Å². The van der Waals surface area contributed by atoms with Gasteiger partial charge in [0, 0.05) is 23.8 Å². The van der Waals surface area contributed by atoms with Crippen molar-refractivity contribution >= 4 is 47.0 Å². The van der Waals surface area contributed by atoms with Crippen molar-refractivity contribution in [2.75, 3.05) is 0 Å². The number of aliphatic hydroxyl groups excluding tert-OH is 1. The number of fused-ring (bicyclic) bond motifs is 3. The van der Waals surface area contributed by atoms with E-state index < -0.39 is 76.6 Å². The Labute approximate surface area is 209 Å². The minimum Gasteiger partial charge on any atom is -0.507 e. The number of phenolic OH excluding ortho intramolecular Hbond substituents is 1. The van der Waals surface area contributed by atoms with Crippen LogP contribution in [0.3, 0.4) is 0 Å². The molecule has 2 aromatic rings. The number of carbonyl (C=O) groups is 6. The van der Waals surface area contributed by atoms with Crippen molar-refractivity contribution in [3.63, 3.8) is 0 Å². The normalized spacial score (nSPS) is 31.9. The van der Waals surface area contributed by atoms with E-state index in [0.29, 0.717) is 17.4 Å². The van der Waals surface area contributed by atoms with E-state index in [-0.39, 0.29) is 16.7 Å². The molecule has 0 saturated heterocycles. The predicted octanol–water partition coefficient (Wildman–Crippen LogP) is 0.108. The molecule has 6 unspecified atom stereocenters. The van der Waals surface area contributed by atoms with Crippen LogP contribution in [0.5, 0.6) is 5.75 Å². The van der Waals surface area contributed by atoms with Gasteiger partial charge in [-0.2, -0.15) is 0 Å². The van der Waals surface area contributed by atoms with Crippen molar-refractivity contribution in [1.82, 2.24) is 0 Å². The molecule has 6 atom stereocenters. The van der Waals surface area contributed by atoms with Crippen LogP contribution in [0.4, 0.5) is 0 Å². The number of hydrogen-bond donors (Lipinski definition) is 4. The maximum atomic E-state index is 13.8. The van der Waals surface area contributed by atoms with Crippen LogP contribution < -0.4 is 5.73 Å². The van der Waals surface area contributed by atoms with Gasteiger partial charge in [-0.05, 0) is 28.8 Å². The van der Waals surface area contributed by atoms with Crippen molar-refractivity contribution in [1.29, 1.82) is 0 Å². The highest BCUT2D eigenvalue weighted by atomic mass is 16.3. The molecular formula is C27H21NO9. The van der Waals surface area contributed by atoms with Crippen LogP contribution in [-0.4, -0.2) is 62.4 Å². The minimum absolute atomic E-state index is 0.212. The fraction of sp³-hybridized carbons (Fsp3) is 0.259. The Morgan fingerprint density at radius 2 is 1.70 bits per heavy atom. The largest absolute Gasteiger partial charge is 0.507 e. The SMILES string of the molecule is NC(=O)C1C(=O)CC2C(O)C3C(=Cc4cccc(C=O)c4)c4cccc(O)c4C(=O)C3C(=O)C2(O)C1=O. The van der Waals surface area contributed by atoms with Gasteiger partial charge in [-0.15, -0.1) is 0 Å². The van der Waals surface area contributed by atoms with Gasteiger partial charge in [0.25, 0.3) is 0 Å². The van der Waals surface area contributed by atoms with E-state index in [1.165, 1.54) is 30.3 Å². The Morgan fingerprint density at radius 1 is 1.03 bits per heavy atom. The third-order valence-electron chi connectivity index (χ3n) is 7.61. The number of carbonyl (C=O) groups excluding carboxylic acids is 6. The van der Waals surface area contributed by atoms with Crippen molar-refractivity contribution < 1.29 is 44.1 Å². The molecule has 3 aliphatic carbocycles. The first-order valence-corrected chi connectivity index (χ1v) is 11.5. The second-order valence-electron chi connectivity index (χ2n) is 9.55. The smallest absolute Gasteiger partial charge is 0.235 e. The van der Waals surface area contributed by atoms with Crippen LogP contribution in [0.15, 0.2) is 42.5 Å². The number of amides is 1. The quantitative estimate of drug-likeness (QED) is 0.333. The van der Waals surface area contributed by atoms with Crippen LogP contribution in [-0.2, 0) is 19.2 Å². The zero-order valence-corrected chi connectivity index (χ0v) is 19.2. The first-order chi connectivity index (χ1) is 17.5. The highest BCUT2D eigenvalue weighted by Gasteiger charge is 2.69. The van der Waals surface area contributed by atoms with E-state index in [1.807, 2.05) is 0 Å². The number of primary amides is 1. The summed E-state index contributed by atoms with van der Waals surface area (Å²) < 4.78 is 0. The molecule has 5 N–H and O–H groups in total. The highest BCUT2D eigenvalue weighted by Crippen LogP contribution is 2.54. The fourth-order valence-electron chi connectivity index (χ4n) is 5.93. The second-order valence-corrected chi connectivity index (χ2v) is 9.55. The van der Waals surface area contributed by atoms with Gasteiger partial charge >= 0.3 is 0 Å². The Balaban J connectivity index is 1.75. The number of benzene rings is 2. The van der Waals surface area contributed by atoms with E-state index in [9.17, 15) is 44.1 Å². The second kappa shape index (κ2) is 8.39. The van der Waals surface area contributed by atoms with Gasteiger partial charge in [0.1, 0.15) is 12.0 Å².